The SMILES string of the molecule is NS(=O)(=O)OCC1OC2(CCCC2)OC1c1ccccc1[N+](=O)[O-]. The van der Waals surface area contributed by atoms with Crippen LogP contribution in [-0.4, -0.2) is 31.8 Å². The van der Waals surface area contributed by atoms with Crippen LogP contribution < -0.4 is 5.14 Å². The minimum Gasteiger partial charge on any atom is -0.341 e. The second-order valence-corrected chi connectivity index (χ2v) is 7.13. The third-order valence-corrected chi connectivity index (χ3v) is 4.71. The van der Waals surface area contributed by atoms with Gasteiger partial charge in [0.15, 0.2) is 5.79 Å². The molecule has 24 heavy (non-hydrogen) atoms. The molecule has 1 spiro atoms. The lowest BCUT2D eigenvalue weighted by atomic mass is 10.0. The maximum absolute atomic E-state index is 11.3. The first kappa shape index (κ1) is 17.2. The molecular formula is C14H18N2O7S. The Kier molecular flexibility index (Phi) is 4.58. The number of nitrogens with zero attached hydrogens (tertiary/aromatic N) is 1. The van der Waals surface area contributed by atoms with E-state index in [4.69, 9.17) is 14.6 Å². The summed E-state index contributed by atoms with van der Waals surface area (Å²) in [5, 5.41) is 16.1. The van der Waals surface area contributed by atoms with Gasteiger partial charge in [0.2, 0.25) is 0 Å². The summed E-state index contributed by atoms with van der Waals surface area (Å²) in [5.41, 5.74) is 0.219. The van der Waals surface area contributed by atoms with Gasteiger partial charge in [0, 0.05) is 18.9 Å². The average Bonchev–Trinajstić information content (AvgIpc) is 3.12. The summed E-state index contributed by atoms with van der Waals surface area (Å²) in [6, 6.07) is 6.15. The van der Waals surface area contributed by atoms with Crippen LogP contribution in [0.5, 0.6) is 0 Å². The van der Waals surface area contributed by atoms with Crippen LogP contribution in [0.3, 0.4) is 0 Å². The van der Waals surface area contributed by atoms with E-state index in [-0.39, 0.29) is 12.3 Å². The van der Waals surface area contributed by atoms with Crippen molar-refractivity contribution in [3.63, 3.8) is 0 Å². The average molecular weight is 358 g/mol. The first-order valence-electron chi connectivity index (χ1n) is 7.56. The van der Waals surface area contributed by atoms with Crippen molar-refractivity contribution in [1.29, 1.82) is 0 Å². The van der Waals surface area contributed by atoms with Crippen molar-refractivity contribution in [2.75, 3.05) is 6.61 Å². The Hall–Kier alpha value is -1.59. The lowest BCUT2D eigenvalue weighted by Crippen LogP contribution is -2.29. The minimum atomic E-state index is -4.15. The number of para-hydroxylation sites is 1. The number of nitro benzene ring substituents is 1. The molecule has 0 aromatic heterocycles. The Bertz CT molecular complexity index is 730. The third kappa shape index (κ3) is 3.57. The van der Waals surface area contributed by atoms with Crippen LogP contribution in [0, 0.1) is 10.1 Å². The van der Waals surface area contributed by atoms with Crippen molar-refractivity contribution in [1.82, 2.24) is 0 Å². The number of hydrogen-bond acceptors (Lipinski definition) is 7. The van der Waals surface area contributed by atoms with E-state index in [1.165, 1.54) is 6.07 Å². The second-order valence-electron chi connectivity index (χ2n) is 5.91. The molecule has 2 aliphatic rings. The summed E-state index contributed by atoms with van der Waals surface area (Å²) in [6.45, 7) is -0.364. The van der Waals surface area contributed by atoms with Gasteiger partial charge in [0.05, 0.1) is 17.1 Å². The van der Waals surface area contributed by atoms with E-state index in [2.05, 4.69) is 4.18 Å². The Morgan fingerprint density at radius 3 is 2.58 bits per heavy atom. The highest BCUT2D eigenvalue weighted by molar-refractivity contribution is 7.84. The normalized spacial score (nSPS) is 26.0. The van der Waals surface area contributed by atoms with Crippen LogP contribution in [0.4, 0.5) is 5.69 Å². The Labute approximate surface area is 139 Å². The molecule has 2 unspecified atom stereocenters. The lowest BCUT2D eigenvalue weighted by molar-refractivity contribution is -0.386. The van der Waals surface area contributed by atoms with Crippen molar-refractivity contribution in [2.24, 2.45) is 5.14 Å². The predicted molar refractivity (Wildman–Crippen MR) is 82.1 cm³/mol. The summed E-state index contributed by atoms with van der Waals surface area (Å²) in [5.74, 6) is -0.846. The van der Waals surface area contributed by atoms with Gasteiger partial charge in [-0.05, 0) is 18.9 Å². The van der Waals surface area contributed by atoms with Gasteiger partial charge in [-0.25, -0.2) is 5.14 Å². The Balaban J connectivity index is 1.91. The van der Waals surface area contributed by atoms with Crippen molar-refractivity contribution < 1.29 is 27.0 Å². The van der Waals surface area contributed by atoms with Crippen LogP contribution in [0.15, 0.2) is 24.3 Å². The minimum absolute atomic E-state index is 0.109. The van der Waals surface area contributed by atoms with Gasteiger partial charge >= 0.3 is 10.3 Å². The van der Waals surface area contributed by atoms with Gasteiger partial charge in [-0.2, -0.15) is 8.42 Å². The fourth-order valence-corrected chi connectivity index (χ4v) is 3.59. The number of nitrogens with two attached hydrogens (primary N) is 1. The molecule has 0 radical (unpaired) electrons. The highest BCUT2D eigenvalue weighted by Crippen LogP contribution is 2.48. The zero-order chi connectivity index (χ0) is 17.4. The molecule has 1 aromatic carbocycles. The van der Waals surface area contributed by atoms with Gasteiger partial charge in [-0.3, -0.25) is 14.3 Å². The molecule has 2 atom stereocenters. The number of benzene rings is 1. The van der Waals surface area contributed by atoms with E-state index in [1.807, 2.05) is 0 Å². The maximum atomic E-state index is 11.3. The molecule has 9 nitrogen and oxygen atoms in total. The van der Waals surface area contributed by atoms with E-state index in [0.29, 0.717) is 18.4 Å². The second kappa shape index (κ2) is 6.37. The topological polar surface area (TPSA) is 131 Å². The van der Waals surface area contributed by atoms with E-state index in [1.54, 1.807) is 18.2 Å². The zero-order valence-corrected chi connectivity index (χ0v) is 13.6. The molecular weight excluding hydrogens is 340 g/mol. The largest absolute Gasteiger partial charge is 0.341 e. The van der Waals surface area contributed by atoms with Gasteiger partial charge in [-0.15, -0.1) is 0 Å². The van der Waals surface area contributed by atoms with Crippen LogP contribution in [0.25, 0.3) is 0 Å². The van der Waals surface area contributed by atoms with Gasteiger partial charge in [0.25, 0.3) is 5.69 Å². The van der Waals surface area contributed by atoms with E-state index < -0.39 is 33.2 Å². The summed E-state index contributed by atoms with van der Waals surface area (Å²) < 4.78 is 38.7. The van der Waals surface area contributed by atoms with E-state index in [0.717, 1.165) is 12.8 Å². The monoisotopic (exact) mass is 358 g/mol. The first-order chi connectivity index (χ1) is 11.3. The molecule has 2 N–H and O–H groups in total. The predicted octanol–water partition coefficient (Wildman–Crippen LogP) is 1.54. The van der Waals surface area contributed by atoms with Crippen molar-refractivity contribution >= 4 is 16.0 Å². The highest BCUT2D eigenvalue weighted by Gasteiger charge is 2.51. The molecule has 1 aliphatic carbocycles. The van der Waals surface area contributed by atoms with Crippen LogP contribution in [0.2, 0.25) is 0 Å². The van der Waals surface area contributed by atoms with Gasteiger partial charge < -0.3 is 9.47 Å². The fraction of sp³-hybridized carbons (Fsp3) is 0.571. The molecule has 10 heteroatoms. The molecule has 0 bridgehead atoms. The molecule has 2 fully saturated rings. The summed E-state index contributed by atoms with van der Waals surface area (Å²) in [7, 11) is -4.15. The smallest absolute Gasteiger partial charge is 0.333 e. The third-order valence-electron chi connectivity index (χ3n) is 4.25. The van der Waals surface area contributed by atoms with Crippen molar-refractivity contribution in [2.45, 2.75) is 43.7 Å². The highest BCUT2D eigenvalue weighted by atomic mass is 32.2. The van der Waals surface area contributed by atoms with E-state index >= 15 is 0 Å². The number of ether oxygens (including phenoxy) is 2. The van der Waals surface area contributed by atoms with Gasteiger partial charge in [-0.1, -0.05) is 12.1 Å². The Morgan fingerprint density at radius 2 is 1.96 bits per heavy atom. The fourth-order valence-electron chi connectivity index (χ4n) is 3.26. The van der Waals surface area contributed by atoms with Crippen LogP contribution >= 0.6 is 0 Å². The standard InChI is InChI=1S/C14H18N2O7S/c15-24(19,20)21-9-12-13(23-14(22-12)7-3-4-8-14)10-5-1-2-6-11(10)16(17)18/h1-2,5-6,12-13H,3-4,7-9H2,(H2,15,19,20). The van der Waals surface area contributed by atoms with Crippen LogP contribution in [0.1, 0.15) is 37.4 Å². The number of rotatable bonds is 5. The maximum Gasteiger partial charge on any atom is 0.333 e. The molecule has 132 valence electrons. The molecule has 1 heterocycles. The molecule has 1 aliphatic heterocycles. The van der Waals surface area contributed by atoms with E-state index in [9.17, 15) is 18.5 Å². The lowest BCUT2D eigenvalue weighted by Gasteiger charge is -2.21. The molecule has 0 amide bonds. The van der Waals surface area contributed by atoms with Crippen molar-refractivity contribution in [3.8, 4) is 0 Å². The number of nitro groups is 1. The molecule has 1 saturated heterocycles. The first-order valence-corrected chi connectivity index (χ1v) is 9.03. The zero-order valence-electron chi connectivity index (χ0n) is 12.8. The molecule has 3 rings (SSSR count). The quantitative estimate of drug-likeness (QED) is 0.624. The summed E-state index contributed by atoms with van der Waals surface area (Å²) >= 11 is 0. The van der Waals surface area contributed by atoms with Gasteiger partial charge in [0.1, 0.15) is 12.2 Å². The summed E-state index contributed by atoms with van der Waals surface area (Å²) in [4.78, 5) is 10.8. The summed E-state index contributed by atoms with van der Waals surface area (Å²) in [6.07, 6.45) is 1.51. The van der Waals surface area contributed by atoms with Crippen LogP contribution in [-0.2, 0) is 24.0 Å². The Morgan fingerprint density at radius 1 is 1.29 bits per heavy atom. The van der Waals surface area contributed by atoms with Crippen molar-refractivity contribution in [3.05, 3.63) is 39.9 Å². The molecule has 1 aromatic rings. The molecule has 1 saturated carbocycles. The number of hydrogen-bond donors (Lipinski definition) is 1.